The summed E-state index contributed by atoms with van der Waals surface area (Å²) >= 11 is 1.58. The van der Waals surface area contributed by atoms with Gasteiger partial charge in [0.1, 0.15) is 11.6 Å². The minimum Gasteiger partial charge on any atom is -0.496 e. The molecular weight excluding hydrogens is 337 g/mol. The van der Waals surface area contributed by atoms with Crippen molar-refractivity contribution in [2.24, 2.45) is 0 Å². The van der Waals surface area contributed by atoms with Crippen LogP contribution in [0.2, 0.25) is 0 Å². The normalized spacial score (nSPS) is 10.6. The van der Waals surface area contributed by atoms with Gasteiger partial charge in [0.05, 0.1) is 7.11 Å². The van der Waals surface area contributed by atoms with E-state index >= 15 is 0 Å². The lowest BCUT2D eigenvalue weighted by atomic mass is 10.2. The largest absolute Gasteiger partial charge is 0.496 e. The van der Waals surface area contributed by atoms with Crippen LogP contribution in [0.5, 0.6) is 5.75 Å². The molecule has 4 nitrogen and oxygen atoms in total. The number of benzene rings is 2. The van der Waals surface area contributed by atoms with Gasteiger partial charge in [-0.15, -0.1) is 16.8 Å². The number of aromatic nitrogens is 3. The van der Waals surface area contributed by atoms with Crippen molar-refractivity contribution in [3.05, 3.63) is 72.6 Å². The van der Waals surface area contributed by atoms with Gasteiger partial charge in [0.15, 0.2) is 11.0 Å². The van der Waals surface area contributed by atoms with Crippen molar-refractivity contribution in [2.45, 2.75) is 17.5 Å². The highest BCUT2D eigenvalue weighted by atomic mass is 32.2. The molecule has 0 aliphatic carbocycles. The third-order valence-corrected chi connectivity index (χ3v) is 4.70. The first-order chi connectivity index (χ1) is 12.2. The first-order valence-corrected chi connectivity index (χ1v) is 8.76. The molecule has 0 aliphatic rings. The minimum absolute atomic E-state index is 0.274. The summed E-state index contributed by atoms with van der Waals surface area (Å²) in [7, 11) is 1.66. The SMILES string of the molecule is C=CCn1c(SCc2ccccc2OC)nnc1-c1ccc(F)cc1. The molecule has 0 saturated carbocycles. The number of methoxy groups -OCH3 is 1. The van der Waals surface area contributed by atoms with Crippen LogP contribution >= 0.6 is 11.8 Å². The highest BCUT2D eigenvalue weighted by Crippen LogP contribution is 2.29. The van der Waals surface area contributed by atoms with Crippen LogP contribution < -0.4 is 4.74 Å². The van der Waals surface area contributed by atoms with Gasteiger partial charge in [0.25, 0.3) is 0 Å². The average molecular weight is 355 g/mol. The fourth-order valence-corrected chi connectivity index (χ4v) is 3.40. The Bertz CT molecular complexity index is 861. The zero-order valence-electron chi connectivity index (χ0n) is 13.9. The Morgan fingerprint density at radius 2 is 1.92 bits per heavy atom. The number of ether oxygens (including phenoxy) is 1. The predicted molar refractivity (Wildman–Crippen MR) is 98.2 cm³/mol. The van der Waals surface area contributed by atoms with Crippen LogP contribution in [0.3, 0.4) is 0 Å². The highest BCUT2D eigenvalue weighted by molar-refractivity contribution is 7.98. The van der Waals surface area contributed by atoms with Gasteiger partial charge in [0, 0.05) is 23.4 Å². The van der Waals surface area contributed by atoms with Crippen LogP contribution in [0.4, 0.5) is 4.39 Å². The zero-order valence-corrected chi connectivity index (χ0v) is 14.7. The number of hydrogen-bond acceptors (Lipinski definition) is 4. The molecule has 1 aromatic heterocycles. The number of hydrogen-bond donors (Lipinski definition) is 0. The van der Waals surface area contributed by atoms with E-state index in [2.05, 4.69) is 16.8 Å². The monoisotopic (exact) mass is 355 g/mol. The van der Waals surface area contributed by atoms with E-state index in [-0.39, 0.29) is 5.82 Å². The summed E-state index contributed by atoms with van der Waals surface area (Å²) in [5, 5.41) is 9.36. The summed E-state index contributed by atoms with van der Waals surface area (Å²) in [4.78, 5) is 0. The molecule has 3 aromatic rings. The molecule has 1 heterocycles. The summed E-state index contributed by atoms with van der Waals surface area (Å²) in [6.07, 6.45) is 1.80. The first-order valence-electron chi connectivity index (χ1n) is 7.77. The van der Waals surface area contributed by atoms with Crippen molar-refractivity contribution in [1.82, 2.24) is 14.8 Å². The molecule has 0 radical (unpaired) electrons. The third-order valence-electron chi connectivity index (χ3n) is 3.68. The van der Waals surface area contributed by atoms with Gasteiger partial charge < -0.3 is 4.74 Å². The second kappa shape index (κ2) is 7.98. The van der Waals surface area contributed by atoms with E-state index in [9.17, 15) is 4.39 Å². The fourth-order valence-electron chi connectivity index (χ4n) is 2.47. The van der Waals surface area contributed by atoms with Crippen molar-refractivity contribution < 1.29 is 9.13 Å². The van der Waals surface area contributed by atoms with Gasteiger partial charge in [0.2, 0.25) is 0 Å². The van der Waals surface area contributed by atoms with Gasteiger partial charge >= 0.3 is 0 Å². The van der Waals surface area contributed by atoms with Crippen molar-refractivity contribution >= 4 is 11.8 Å². The molecular formula is C19H18FN3OS. The summed E-state index contributed by atoms with van der Waals surface area (Å²) in [5.74, 6) is 1.98. The van der Waals surface area contributed by atoms with Crippen LogP contribution in [0.1, 0.15) is 5.56 Å². The van der Waals surface area contributed by atoms with E-state index in [4.69, 9.17) is 4.74 Å². The molecule has 6 heteroatoms. The fraction of sp³-hybridized carbons (Fsp3) is 0.158. The first kappa shape index (κ1) is 17.2. The van der Waals surface area contributed by atoms with E-state index in [1.54, 1.807) is 37.1 Å². The van der Waals surface area contributed by atoms with Crippen molar-refractivity contribution in [1.29, 1.82) is 0 Å². The Hall–Kier alpha value is -2.60. The smallest absolute Gasteiger partial charge is 0.192 e. The molecule has 0 atom stereocenters. The number of allylic oxidation sites excluding steroid dienone is 1. The molecule has 0 amide bonds. The van der Waals surface area contributed by atoms with Gasteiger partial charge in [-0.25, -0.2) is 4.39 Å². The molecule has 128 valence electrons. The maximum atomic E-state index is 13.2. The molecule has 0 aliphatic heterocycles. The number of para-hydroxylation sites is 1. The van der Waals surface area contributed by atoms with Crippen LogP contribution in [0.15, 0.2) is 66.3 Å². The zero-order chi connectivity index (χ0) is 17.6. The molecule has 25 heavy (non-hydrogen) atoms. The van der Waals surface area contributed by atoms with Crippen LogP contribution in [-0.4, -0.2) is 21.9 Å². The second-order valence-electron chi connectivity index (χ2n) is 5.31. The minimum atomic E-state index is -0.274. The molecule has 3 rings (SSSR count). The Labute approximate surface area is 150 Å². The van der Waals surface area contributed by atoms with Crippen molar-refractivity contribution in [2.75, 3.05) is 7.11 Å². The van der Waals surface area contributed by atoms with Crippen LogP contribution in [0, 0.1) is 5.82 Å². The number of rotatable bonds is 7. The molecule has 0 fully saturated rings. The highest BCUT2D eigenvalue weighted by Gasteiger charge is 2.14. The predicted octanol–water partition coefficient (Wildman–Crippen LogP) is 4.57. The molecule has 0 unspecified atom stereocenters. The molecule has 0 bridgehead atoms. The van der Waals surface area contributed by atoms with Gasteiger partial charge in [-0.1, -0.05) is 36.0 Å². The summed E-state index contributed by atoms with van der Waals surface area (Å²) in [5.41, 5.74) is 1.91. The Kier molecular flexibility index (Phi) is 5.50. The van der Waals surface area contributed by atoms with Gasteiger partial charge in [-0.3, -0.25) is 4.57 Å². The maximum Gasteiger partial charge on any atom is 0.192 e. The Morgan fingerprint density at radius 3 is 2.64 bits per heavy atom. The lowest BCUT2D eigenvalue weighted by molar-refractivity contribution is 0.411. The van der Waals surface area contributed by atoms with Gasteiger partial charge in [-0.2, -0.15) is 0 Å². The van der Waals surface area contributed by atoms with Crippen LogP contribution in [-0.2, 0) is 12.3 Å². The molecule has 0 N–H and O–H groups in total. The average Bonchev–Trinajstić information content (AvgIpc) is 3.04. The van der Waals surface area contributed by atoms with Gasteiger partial charge in [-0.05, 0) is 30.3 Å². The second-order valence-corrected chi connectivity index (χ2v) is 6.26. The van der Waals surface area contributed by atoms with Crippen LogP contribution in [0.25, 0.3) is 11.4 Å². The summed E-state index contributed by atoms with van der Waals surface area (Å²) in [6, 6.07) is 14.1. The molecule has 0 saturated heterocycles. The number of nitrogens with zero attached hydrogens (tertiary/aromatic N) is 3. The maximum absolute atomic E-state index is 13.2. The topological polar surface area (TPSA) is 39.9 Å². The quantitative estimate of drug-likeness (QED) is 0.460. The standard InChI is InChI=1S/C19H18FN3OS/c1-3-12-23-18(14-8-10-16(20)11-9-14)21-22-19(23)25-13-15-6-4-5-7-17(15)24-2/h3-11H,1,12-13H2,2H3. The van der Waals surface area contributed by atoms with E-state index in [0.717, 1.165) is 22.0 Å². The van der Waals surface area contributed by atoms with E-state index in [0.29, 0.717) is 18.1 Å². The Morgan fingerprint density at radius 1 is 1.16 bits per heavy atom. The van der Waals surface area contributed by atoms with E-state index < -0.39 is 0 Å². The van der Waals surface area contributed by atoms with Crippen molar-refractivity contribution in [3.63, 3.8) is 0 Å². The number of thioether (sulfide) groups is 1. The molecule has 2 aromatic carbocycles. The van der Waals surface area contributed by atoms with E-state index in [1.165, 1.54) is 12.1 Å². The lowest BCUT2D eigenvalue weighted by Crippen LogP contribution is -2.01. The summed E-state index contributed by atoms with van der Waals surface area (Å²) < 4.78 is 20.5. The van der Waals surface area contributed by atoms with E-state index in [1.807, 2.05) is 28.8 Å². The van der Waals surface area contributed by atoms with Crippen molar-refractivity contribution in [3.8, 4) is 17.1 Å². The third kappa shape index (κ3) is 3.91. The molecule has 0 spiro atoms. The summed E-state index contributed by atoms with van der Waals surface area (Å²) in [6.45, 7) is 4.38. The number of halogens is 1. The Balaban J connectivity index is 1.86. The lowest BCUT2D eigenvalue weighted by Gasteiger charge is -2.09.